The number of hydrogen-bond acceptors (Lipinski definition) is 7. The Morgan fingerprint density at radius 1 is 1.11 bits per heavy atom. The van der Waals surface area contributed by atoms with Crippen molar-refractivity contribution in [2.24, 2.45) is 4.99 Å². The van der Waals surface area contributed by atoms with Crippen molar-refractivity contribution in [2.45, 2.75) is 27.3 Å². The predicted molar refractivity (Wildman–Crippen MR) is 141 cm³/mol. The van der Waals surface area contributed by atoms with Gasteiger partial charge in [-0.2, -0.15) is 0 Å². The Kier molecular flexibility index (Phi) is 7.59. The van der Waals surface area contributed by atoms with E-state index in [1.54, 1.807) is 36.1 Å². The van der Waals surface area contributed by atoms with E-state index in [1.165, 1.54) is 18.9 Å². The van der Waals surface area contributed by atoms with Crippen LogP contribution in [0.5, 0.6) is 0 Å². The number of para-hydroxylation sites is 1. The van der Waals surface area contributed by atoms with E-state index in [-0.39, 0.29) is 25.0 Å². The molecule has 1 saturated heterocycles. The number of methoxy groups -OCH3 is 1. The molecule has 4 rings (SSSR count). The van der Waals surface area contributed by atoms with Gasteiger partial charge in [0, 0.05) is 28.7 Å². The Bertz CT molecular complexity index is 1410. The number of carbonyl (C=O) groups excluding carboxylic acids is 3. The van der Waals surface area contributed by atoms with Gasteiger partial charge in [0.2, 0.25) is 0 Å². The molecule has 2 heterocycles. The molecule has 9 heteroatoms. The van der Waals surface area contributed by atoms with Gasteiger partial charge in [0.05, 0.1) is 29.9 Å². The highest BCUT2D eigenvalue weighted by Crippen LogP contribution is 2.36. The zero-order valence-corrected chi connectivity index (χ0v) is 21.4. The first-order valence-corrected chi connectivity index (χ1v) is 12.4. The lowest BCUT2D eigenvalue weighted by molar-refractivity contribution is -0.141. The Morgan fingerprint density at radius 3 is 2.61 bits per heavy atom. The Hall–Kier alpha value is -3.85. The maximum atomic E-state index is 13.3. The van der Waals surface area contributed by atoms with Crippen LogP contribution in [-0.2, 0) is 25.6 Å². The third kappa shape index (κ3) is 4.92. The summed E-state index contributed by atoms with van der Waals surface area (Å²) in [6.45, 7) is 6.38. The standard InChI is InChI=1S/C27H27N3O5S/c1-5-29-25(32)23(36-27(29)28-19-11-9-10-18(14-19)26(33)35-6-2)15-21-17(3)30(16-24(31)34-4)22-13-8-7-12-20(21)22/h7-15H,5-6,16H2,1-4H3. The maximum absolute atomic E-state index is 13.3. The zero-order chi connectivity index (χ0) is 25.8. The van der Waals surface area contributed by atoms with Crippen LogP contribution >= 0.6 is 11.8 Å². The summed E-state index contributed by atoms with van der Waals surface area (Å²) < 4.78 is 11.8. The SMILES string of the molecule is CCOC(=O)c1cccc(N=C2SC(=Cc3c(C)n(CC(=O)OC)c4ccccc34)C(=O)N2CC)c1. The number of aliphatic imine (C=N–C) groups is 1. The van der Waals surface area contributed by atoms with Gasteiger partial charge in [0.25, 0.3) is 5.91 Å². The number of benzene rings is 2. The van der Waals surface area contributed by atoms with Crippen molar-refractivity contribution >= 4 is 57.4 Å². The number of esters is 2. The first kappa shape index (κ1) is 25.2. The lowest BCUT2D eigenvalue weighted by atomic mass is 10.1. The highest BCUT2D eigenvalue weighted by molar-refractivity contribution is 8.18. The minimum atomic E-state index is -0.415. The second-order valence-corrected chi connectivity index (χ2v) is 9.01. The van der Waals surface area contributed by atoms with Crippen molar-refractivity contribution in [1.82, 2.24) is 9.47 Å². The molecular weight excluding hydrogens is 478 g/mol. The summed E-state index contributed by atoms with van der Waals surface area (Å²) in [4.78, 5) is 44.2. The number of nitrogens with zero attached hydrogens (tertiary/aromatic N) is 3. The number of fused-ring (bicyclic) bond motifs is 1. The lowest BCUT2D eigenvalue weighted by Gasteiger charge is -2.12. The summed E-state index contributed by atoms with van der Waals surface area (Å²) in [5.41, 5.74) is 3.58. The molecule has 0 bridgehead atoms. The number of likely N-dealkylation sites (N-methyl/N-ethyl adjacent to an activating group) is 1. The number of rotatable bonds is 7. The van der Waals surface area contributed by atoms with E-state index < -0.39 is 5.97 Å². The molecule has 8 nitrogen and oxygen atoms in total. The highest BCUT2D eigenvalue weighted by atomic mass is 32.2. The fraction of sp³-hybridized carbons (Fsp3) is 0.259. The van der Waals surface area contributed by atoms with Crippen LogP contribution in [0.2, 0.25) is 0 Å². The van der Waals surface area contributed by atoms with E-state index in [0.717, 1.165) is 22.2 Å². The molecule has 0 aliphatic carbocycles. The van der Waals surface area contributed by atoms with Crippen LogP contribution in [0.3, 0.4) is 0 Å². The lowest BCUT2D eigenvalue weighted by Crippen LogP contribution is -2.28. The average Bonchev–Trinajstić information content (AvgIpc) is 3.32. The van der Waals surface area contributed by atoms with Gasteiger partial charge >= 0.3 is 11.9 Å². The number of amidine groups is 1. The van der Waals surface area contributed by atoms with Crippen molar-refractivity contribution in [2.75, 3.05) is 20.3 Å². The topological polar surface area (TPSA) is 90.2 Å². The smallest absolute Gasteiger partial charge is 0.338 e. The summed E-state index contributed by atoms with van der Waals surface area (Å²) in [6.07, 6.45) is 1.86. The number of amides is 1. The molecule has 0 N–H and O–H groups in total. The fourth-order valence-electron chi connectivity index (χ4n) is 4.07. The van der Waals surface area contributed by atoms with Crippen molar-refractivity contribution in [1.29, 1.82) is 0 Å². The molecule has 1 aliphatic heterocycles. The number of aromatic nitrogens is 1. The minimum absolute atomic E-state index is 0.0811. The van der Waals surface area contributed by atoms with Gasteiger partial charge in [0.1, 0.15) is 6.54 Å². The van der Waals surface area contributed by atoms with Crippen LogP contribution in [0.1, 0.15) is 35.5 Å². The van der Waals surface area contributed by atoms with E-state index >= 15 is 0 Å². The maximum Gasteiger partial charge on any atom is 0.338 e. The van der Waals surface area contributed by atoms with E-state index in [2.05, 4.69) is 4.99 Å². The Balaban J connectivity index is 1.73. The molecule has 0 unspecified atom stereocenters. The van der Waals surface area contributed by atoms with Gasteiger partial charge in [-0.1, -0.05) is 24.3 Å². The second-order valence-electron chi connectivity index (χ2n) is 8.00. The molecule has 2 aromatic carbocycles. The average molecular weight is 506 g/mol. The van der Waals surface area contributed by atoms with E-state index in [1.807, 2.05) is 48.8 Å². The van der Waals surface area contributed by atoms with Crippen molar-refractivity contribution in [3.05, 3.63) is 70.3 Å². The summed E-state index contributed by atoms with van der Waals surface area (Å²) in [7, 11) is 1.36. The van der Waals surface area contributed by atoms with Crippen LogP contribution in [0.4, 0.5) is 5.69 Å². The highest BCUT2D eigenvalue weighted by Gasteiger charge is 2.33. The quantitative estimate of drug-likeness (QED) is 0.334. The Morgan fingerprint density at radius 2 is 1.89 bits per heavy atom. The molecule has 0 saturated carbocycles. The molecule has 0 spiro atoms. The second kappa shape index (κ2) is 10.8. The molecule has 1 fully saturated rings. The van der Waals surface area contributed by atoms with Gasteiger partial charge in [-0.25, -0.2) is 9.79 Å². The number of hydrogen-bond donors (Lipinski definition) is 0. The first-order valence-electron chi connectivity index (χ1n) is 11.6. The monoisotopic (exact) mass is 505 g/mol. The summed E-state index contributed by atoms with van der Waals surface area (Å²) in [5, 5.41) is 1.47. The van der Waals surface area contributed by atoms with Gasteiger partial charge < -0.3 is 14.0 Å². The molecule has 0 radical (unpaired) electrons. The van der Waals surface area contributed by atoms with E-state index in [0.29, 0.717) is 27.9 Å². The number of thioether (sulfide) groups is 1. The van der Waals surface area contributed by atoms with Gasteiger partial charge in [0.15, 0.2) is 5.17 Å². The third-order valence-corrected chi connectivity index (χ3v) is 6.86. The van der Waals surface area contributed by atoms with Crippen LogP contribution in [0.15, 0.2) is 58.4 Å². The normalized spacial score (nSPS) is 15.8. The molecule has 1 amide bonds. The molecule has 1 aromatic heterocycles. The predicted octanol–water partition coefficient (Wildman–Crippen LogP) is 4.92. The number of carbonyl (C=O) groups is 3. The van der Waals surface area contributed by atoms with Crippen LogP contribution < -0.4 is 0 Å². The molecule has 1 aliphatic rings. The van der Waals surface area contributed by atoms with Gasteiger partial charge in [-0.05, 0) is 62.9 Å². The van der Waals surface area contributed by atoms with Gasteiger partial charge in [-0.3, -0.25) is 14.5 Å². The largest absolute Gasteiger partial charge is 0.468 e. The summed E-state index contributed by atoms with van der Waals surface area (Å²) in [6, 6.07) is 14.6. The van der Waals surface area contributed by atoms with Crippen LogP contribution in [0, 0.1) is 6.92 Å². The first-order chi connectivity index (χ1) is 17.4. The van der Waals surface area contributed by atoms with Crippen LogP contribution in [0.25, 0.3) is 17.0 Å². The summed E-state index contributed by atoms with van der Waals surface area (Å²) in [5.74, 6) is -0.908. The molecule has 36 heavy (non-hydrogen) atoms. The van der Waals surface area contributed by atoms with Crippen molar-refractivity contribution < 1.29 is 23.9 Å². The molecule has 3 aromatic rings. The fourth-order valence-corrected chi connectivity index (χ4v) is 5.11. The molecular formula is C27H27N3O5S. The third-order valence-electron chi connectivity index (χ3n) is 5.86. The summed E-state index contributed by atoms with van der Waals surface area (Å²) >= 11 is 1.28. The van der Waals surface area contributed by atoms with E-state index in [4.69, 9.17) is 9.47 Å². The zero-order valence-electron chi connectivity index (χ0n) is 20.6. The Labute approximate surface area is 213 Å². The minimum Gasteiger partial charge on any atom is -0.468 e. The van der Waals surface area contributed by atoms with Crippen LogP contribution in [-0.4, -0.2) is 52.7 Å². The molecule has 186 valence electrons. The van der Waals surface area contributed by atoms with E-state index in [9.17, 15) is 14.4 Å². The van der Waals surface area contributed by atoms with Gasteiger partial charge in [-0.15, -0.1) is 0 Å². The molecule has 0 atom stereocenters. The van der Waals surface area contributed by atoms with Crippen molar-refractivity contribution in [3.63, 3.8) is 0 Å². The van der Waals surface area contributed by atoms with Crippen molar-refractivity contribution in [3.8, 4) is 0 Å². The number of ether oxygens (including phenoxy) is 2.